The van der Waals surface area contributed by atoms with E-state index in [0.29, 0.717) is 0 Å². The van der Waals surface area contributed by atoms with Crippen LogP contribution in [0.3, 0.4) is 0 Å². The molecule has 3 rings (SSSR count). The van der Waals surface area contributed by atoms with E-state index in [4.69, 9.17) is 0 Å². The molecule has 0 heterocycles. The fourth-order valence-electron chi connectivity index (χ4n) is 5.58. The number of hydrogen-bond acceptors (Lipinski definition) is 0. The van der Waals surface area contributed by atoms with Gasteiger partial charge in [-0.25, -0.2) is 0 Å². The van der Waals surface area contributed by atoms with E-state index in [9.17, 15) is 0 Å². The summed E-state index contributed by atoms with van der Waals surface area (Å²) in [5, 5.41) is 0. The normalized spacial score (nSPS) is 49.1. The van der Waals surface area contributed by atoms with Crippen LogP contribution in [0.4, 0.5) is 0 Å². The maximum atomic E-state index is 2.40. The Bertz CT molecular complexity index is 235. The highest BCUT2D eigenvalue weighted by Gasteiger charge is 2.45. The van der Waals surface area contributed by atoms with Crippen molar-refractivity contribution in [2.24, 2.45) is 35.5 Å². The molecule has 3 aliphatic rings. The Hall–Kier alpha value is 0. The zero-order valence-corrected chi connectivity index (χ0v) is 11.8. The molecule has 4 atom stereocenters. The monoisotopic (exact) mass is 234 g/mol. The second-order valence-corrected chi connectivity index (χ2v) is 7.38. The maximum Gasteiger partial charge on any atom is -0.0380 e. The molecule has 0 aromatic carbocycles. The van der Waals surface area contributed by atoms with Crippen molar-refractivity contribution in [3.63, 3.8) is 0 Å². The maximum absolute atomic E-state index is 2.40. The summed E-state index contributed by atoms with van der Waals surface area (Å²) in [4.78, 5) is 0. The van der Waals surface area contributed by atoms with Gasteiger partial charge in [0.25, 0.3) is 0 Å². The quantitative estimate of drug-likeness (QED) is 0.623. The van der Waals surface area contributed by atoms with Crippen molar-refractivity contribution < 1.29 is 0 Å². The van der Waals surface area contributed by atoms with Gasteiger partial charge in [0, 0.05) is 0 Å². The highest BCUT2D eigenvalue weighted by Crippen LogP contribution is 2.55. The zero-order valence-electron chi connectivity index (χ0n) is 11.8. The molecule has 17 heavy (non-hydrogen) atoms. The van der Waals surface area contributed by atoms with Gasteiger partial charge in [0.2, 0.25) is 0 Å². The summed E-state index contributed by atoms with van der Waals surface area (Å²) in [7, 11) is 0. The second-order valence-electron chi connectivity index (χ2n) is 7.38. The predicted octanol–water partition coefficient (Wildman–Crippen LogP) is 5.28. The smallest absolute Gasteiger partial charge is 0.0380 e. The van der Waals surface area contributed by atoms with E-state index in [1.165, 1.54) is 19.3 Å². The lowest BCUT2D eigenvalue weighted by atomic mass is 9.71. The van der Waals surface area contributed by atoms with Gasteiger partial charge >= 0.3 is 0 Å². The highest BCUT2D eigenvalue weighted by molar-refractivity contribution is 4.95. The van der Waals surface area contributed by atoms with Crippen LogP contribution in [-0.4, -0.2) is 0 Å². The molecule has 0 spiro atoms. The third-order valence-electron chi connectivity index (χ3n) is 6.36. The molecule has 0 radical (unpaired) electrons. The van der Waals surface area contributed by atoms with E-state index < -0.39 is 0 Å². The molecule has 0 nitrogen and oxygen atoms in total. The average Bonchev–Trinajstić information content (AvgIpc) is 2.87. The summed E-state index contributed by atoms with van der Waals surface area (Å²) in [5.74, 6) is 6.76. The van der Waals surface area contributed by atoms with Crippen molar-refractivity contribution in [1.29, 1.82) is 0 Å². The Morgan fingerprint density at radius 2 is 1.12 bits per heavy atom. The van der Waals surface area contributed by atoms with Crippen molar-refractivity contribution >= 4 is 0 Å². The van der Waals surface area contributed by atoms with Gasteiger partial charge < -0.3 is 0 Å². The number of rotatable bonds is 3. The minimum Gasteiger partial charge on any atom is -0.0654 e. The lowest BCUT2D eigenvalue weighted by molar-refractivity contribution is 0.157. The first-order valence-corrected chi connectivity index (χ1v) is 8.30. The topological polar surface area (TPSA) is 0 Å². The second kappa shape index (κ2) is 4.94. The lowest BCUT2D eigenvalue weighted by Gasteiger charge is -2.34. The van der Waals surface area contributed by atoms with Gasteiger partial charge in [-0.2, -0.15) is 0 Å². The zero-order chi connectivity index (χ0) is 11.8. The molecule has 3 saturated carbocycles. The van der Waals surface area contributed by atoms with Crippen molar-refractivity contribution in [2.75, 3.05) is 0 Å². The van der Waals surface area contributed by atoms with Crippen LogP contribution in [0.5, 0.6) is 0 Å². The van der Waals surface area contributed by atoms with Gasteiger partial charge in [-0.15, -0.1) is 0 Å². The predicted molar refractivity (Wildman–Crippen MR) is 73.8 cm³/mol. The minimum absolute atomic E-state index is 1.09. The Morgan fingerprint density at radius 3 is 1.53 bits per heavy atom. The van der Waals surface area contributed by atoms with Crippen LogP contribution < -0.4 is 0 Å². The third-order valence-corrected chi connectivity index (χ3v) is 6.36. The molecule has 0 N–H and O–H groups in total. The van der Waals surface area contributed by atoms with Crippen LogP contribution in [0, 0.1) is 35.5 Å². The fourth-order valence-corrected chi connectivity index (χ4v) is 5.58. The van der Waals surface area contributed by atoms with E-state index in [1.807, 2.05) is 0 Å². The van der Waals surface area contributed by atoms with E-state index in [1.54, 1.807) is 38.5 Å². The SMILES string of the molecule is CCCC1CC2CC3CC(CC)CC3CC2C1. The first kappa shape index (κ1) is 12.1. The molecule has 0 aromatic rings. The summed E-state index contributed by atoms with van der Waals surface area (Å²) in [6.07, 6.45) is 14.0. The van der Waals surface area contributed by atoms with Crippen molar-refractivity contribution in [1.82, 2.24) is 0 Å². The molecule has 0 bridgehead atoms. The molecule has 0 amide bonds. The molecule has 0 aromatic heterocycles. The summed E-state index contributed by atoms with van der Waals surface area (Å²) in [5.41, 5.74) is 0. The van der Waals surface area contributed by atoms with Crippen molar-refractivity contribution in [3.8, 4) is 0 Å². The minimum atomic E-state index is 1.09. The van der Waals surface area contributed by atoms with E-state index in [2.05, 4.69) is 13.8 Å². The molecule has 3 fully saturated rings. The Balaban J connectivity index is 1.59. The average molecular weight is 234 g/mol. The highest BCUT2D eigenvalue weighted by atomic mass is 14.5. The molecule has 98 valence electrons. The van der Waals surface area contributed by atoms with E-state index >= 15 is 0 Å². The first-order valence-electron chi connectivity index (χ1n) is 8.30. The van der Waals surface area contributed by atoms with Crippen LogP contribution in [0.15, 0.2) is 0 Å². The molecule has 0 saturated heterocycles. The molecule has 0 aliphatic heterocycles. The van der Waals surface area contributed by atoms with Crippen molar-refractivity contribution in [2.45, 2.75) is 71.6 Å². The molecule has 3 aliphatic carbocycles. The fraction of sp³-hybridized carbons (Fsp3) is 1.00. The van der Waals surface area contributed by atoms with Gasteiger partial charge in [-0.1, -0.05) is 33.1 Å². The van der Waals surface area contributed by atoms with Crippen molar-refractivity contribution in [3.05, 3.63) is 0 Å². The summed E-state index contributed by atoms with van der Waals surface area (Å²) in [6, 6.07) is 0. The standard InChI is InChI=1S/C17H30/c1-3-5-13-8-16-10-14-6-12(4-2)7-15(14)11-17(16)9-13/h12-17H,3-11H2,1-2H3. The first-order chi connectivity index (χ1) is 8.30. The van der Waals surface area contributed by atoms with E-state index in [0.717, 1.165) is 35.5 Å². The molecular weight excluding hydrogens is 204 g/mol. The molecule has 0 heteroatoms. The third kappa shape index (κ3) is 2.29. The van der Waals surface area contributed by atoms with Gasteiger partial charge in [-0.05, 0) is 74.0 Å². The van der Waals surface area contributed by atoms with Crippen LogP contribution in [0.2, 0.25) is 0 Å². The Morgan fingerprint density at radius 1 is 0.647 bits per heavy atom. The van der Waals surface area contributed by atoms with Gasteiger partial charge in [0.1, 0.15) is 0 Å². The van der Waals surface area contributed by atoms with Gasteiger partial charge in [0.05, 0.1) is 0 Å². The summed E-state index contributed by atoms with van der Waals surface area (Å²) in [6.45, 7) is 4.77. The summed E-state index contributed by atoms with van der Waals surface area (Å²) < 4.78 is 0. The van der Waals surface area contributed by atoms with Crippen LogP contribution >= 0.6 is 0 Å². The lowest BCUT2D eigenvalue weighted by Crippen LogP contribution is -2.25. The Labute approximate surface area is 108 Å². The molecule has 4 unspecified atom stereocenters. The van der Waals surface area contributed by atoms with Gasteiger partial charge in [0.15, 0.2) is 0 Å². The Kier molecular flexibility index (Phi) is 3.50. The van der Waals surface area contributed by atoms with Gasteiger partial charge in [-0.3, -0.25) is 0 Å². The summed E-state index contributed by atoms with van der Waals surface area (Å²) >= 11 is 0. The number of hydrogen-bond donors (Lipinski definition) is 0. The van der Waals surface area contributed by atoms with Crippen LogP contribution in [-0.2, 0) is 0 Å². The number of fused-ring (bicyclic) bond motifs is 2. The van der Waals surface area contributed by atoms with Crippen LogP contribution in [0.1, 0.15) is 71.6 Å². The largest absolute Gasteiger partial charge is 0.0654 e. The molecular formula is C17H30. The van der Waals surface area contributed by atoms with E-state index in [-0.39, 0.29) is 0 Å². The van der Waals surface area contributed by atoms with Crippen LogP contribution in [0.25, 0.3) is 0 Å².